The van der Waals surface area contributed by atoms with Crippen LogP contribution in [0, 0.1) is 39.4 Å². The Morgan fingerprint density at radius 1 is 0.902 bits per heavy atom. The molecular weight excluding hydrogens is 512 g/mol. The number of allylic oxidation sites excluding steroid dienone is 6. The fourth-order valence-corrected chi connectivity index (χ4v) is 8.69. The van der Waals surface area contributed by atoms with Crippen LogP contribution in [0.1, 0.15) is 115 Å². The van der Waals surface area contributed by atoms with Crippen molar-refractivity contribution in [1.29, 1.82) is 0 Å². The van der Waals surface area contributed by atoms with Gasteiger partial charge in [-0.3, -0.25) is 19.2 Å². The largest absolute Gasteiger partial charge is 0.366 e. The lowest BCUT2D eigenvalue weighted by Crippen LogP contribution is -2.84. The van der Waals surface area contributed by atoms with Gasteiger partial charge in [0.1, 0.15) is 0 Å². The molecule has 0 spiro atoms. The van der Waals surface area contributed by atoms with Crippen molar-refractivity contribution in [2.45, 2.75) is 126 Å². The monoisotopic (exact) mass is 564 g/mol. The second-order valence-electron chi connectivity index (χ2n) is 15.2. The Balaban J connectivity index is 1.98. The summed E-state index contributed by atoms with van der Waals surface area (Å²) < 4.78 is 6.22. The predicted molar refractivity (Wildman–Crippen MR) is 162 cm³/mol. The topological polar surface area (TPSA) is 80.8 Å². The standard InChI is InChI=1S/C36H52O5/c1-12-24(7)27(37)36-30(39)34(18-17-23(6)15-13-14-21(2)3)20-25(32(36,8)9)26(28-33(10,11)41-28)35(29(34)38,31(36)40)19-16-22(4)5/h14,16-17,24-26,28H,12-13,15,18-20H2,1-11H3/b23-17+/t24?,25-,26-,28-,34+,35-,36+/m1/s1. The molecule has 0 amide bonds. The van der Waals surface area contributed by atoms with Crippen LogP contribution in [0.15, 0.2) is 34.9 Å². The summed E-state index contributed by atoms with van der Waals surface area (Å²) in [4.78, 5) is 59.8. The van der Waals surface area contributed by atoms with Crippen LogP contribution in [0.5, 0.6) is 0 Å². The molecule has 5 nitrogen and oxygen atoms in total. The van der Waals surface area contributed by atoms with Crippen molar-refractivity contribution >= 4 is 23.1 Å². The second-order valence-corrected chi connectivity index (χ2v) is 15.2. The third-order valence-corrected chi connectivity index (χ3v) is 11.4. The zero-order valence-corrected chi connectivity index (χ0v) is 27.3. The van der Waals surface area contributed by atoms with Crippen LogP contribution >= 0.6 is 0 Å². The first kappa shape index (κ1) is 31.8. The van der Waals surface area contributed by atoms with Gasteiger partial charge < -0.3 is 4.74 Å². The number of ether oxygens (including phenoxy) is 1. The molecular formula is C36H52O5. The van der Waals surface area contributed by atoms with Gasteiger partial charge in [0.25, 0.3) is 0 Å². The van der Waals surface area contributed by atoms with Gasteiger partial charge in [-0.25, -0.2) is 0 Å². The van der Waals surface area contributed by atoms with E-state index in [1.165, 1.54) is 5.57 Å². The van der Waals surface area contributed by atoms with E-state index in [9.17, 15) is 9.59 Å². The summed E-state index contributed by atoms with van der Waals surface area (Å²) in [5, 5.41) is 0. The molecule has 5 rings (SSSR count). The van der Waals surface area contributed by atoms with Crippen LogP contribution in [-0.2, 0) is 23.9 Å². The molecule has 226 valence electrons. The van der Waals surface area contributed by atoms with Crippen LogP contribution in [0.25, 0.3) is 0 Å². The first-order chi connectivity index (χ1) is 18.9. The maximum absolute atomic E-state index is 15.2. The number of epoxide rings is 1. The van der Waals surface area contributed by atoms with Crippen LogP contribution in [0.4, 0.5) is 0 Å². The van der Waals surface area contributed by atoms with Gasteiger partial charge in [0.2, 0.25) is 0 Å². The van der Waals surface area contributed by atoms with Gasteiger partial charge in [0, 0.05) is 11.8 Å². The summed E-state index contributed by atoms with van der Waals surface area (Å²) in [5.74, 6) is -2.44. The summed E-state index contributed by atoms with van der Waals surface area (Å²) in [6, 6.07) is 0. The number of rotatable bonds is 11. The Labute approximate surface area is 247 Å². The Hall–Kier alpha value is -2.14. The van der Waals surface area contributed by atoms with E-state index in [2.05, 4.69) is 19.9 Å². The Bertz CT molecular complexity index is 1250. The fraction of sp³-hybridized carbons (Fsp3) is 0.722. The number of carbonyl (C=O) groups is 4. The number of carbonyl (C=O) groups excluding carboxylic acids is 4. The van der Waals surface area contributed by atoms with E-state index in [-0.39, 0.29) is 42.3 Å². The zero-order chi connectivity index (χ0) is 30.9. The van der Waals surface area contributed by atoms with Crippen molar-refractivity contribution in [3.63, 3.8) is 0 Å². The predicted octanol–water partition coefficient (Wildman–Crippen LogP) is 7.57. The highest BCUT2D eigenvalue weighted by atomic mass is 16.6. The highest BCUT2D eigenvalue weighted by molar-refractivity contribution is 6.41. The number of hydrogen-bond acceptors (Lipinski definition) is 5. The van der Waals surface area contributed by atoms with Gasteiger partial charge in [0.15, 0.2) is 28.5 Å². The molecule has 41 heavy (non-hydrogen) atoms. The van der Waals surface area contributed by atoms with E-state index in [1.54, 1.807) is 0 Å². The molecule has 1 aliphatic heterocycles. The van der Waals surface area contributed by atoms with E-state index < -0.39 is 44.7 Å². The molecule has 5 heteroatoms. The molecule has 0 aromatic carbocycles. The van der Waals surface area contributed by atoms with Crippen LogP contribution in [0.3, 0.4) is 0 Å². The summed E-state index contributed by atoms with van der Waals surface area (Å²) in [6.07, 6.45) is 9.04. The van der Waals surface area contributed by atoms with Gasteiger partial charge in [-0.15, -0.1) is 0 Å². The molecule has 1 saturated heterocycles. The van der Waals surface area contributed by atoms with Crippen molar-refractivity contribution in [2.24, 2.45) is 39.4 Å². The highest BCUT2D eigenvalue weighted by Gasteiger charge is 2.88. The Kier molecular flexibility index (Phi) is 7.94. The minimum Gasteiger partial charge on any atom is -0.366 e. The molecule has 4 saturated carbocycles. The molecule has 5 fully saturated rings. The number of Topliss-reactive ketones (excluding diaryl/α,β-unsaturated/α-hetero) is 4. The first-order valence-electron chi connectivity index (χ1n) is 15.7. The molecule has 7 atom stereocenters. The van der Waals surface area contributed by atoms with Gasteiger partial charge in [0.05, 0.1) is 22.5 Å². The number of ketones is 4. The molecule has 0 radical (unpaired) electrons. The quantitative estimate of drug-likeness (QED) is 0.147. The molecule has 5 aliphatic rings. The zero-order valence-electron chi connectivity index (χ0n) is 27.3. The smallest absolute Gasteiger partial charge is 0.168 e. The van der Waals surface area contributed by atoms with Crippen molar-refractivity contribution in [3.05, 3.63) is 34.9 Å². The van der Waals surface area contributed by atoms with Crippen molar-refractivity contribution < 1.29 is 23.9 Å². The molecule has 1 heterocycles. The SMILES string of the molecule is CCC(C)C(=O)[C@]12C(=O)[C@@]3(C/C=C(\C)CCC=C(C)C)C[C@H]([C@H]([C@H]4OC4(C)C)[C@](CC=C(C)C)(C3=O)C1=O)C2(C)C. The van der Waals surface area contributed by atoms with E-state index in [0.29, 0.717) is 12.8 Å². The molecule has 0 aromatic rings. The van der Waals surface area contributed by atoms with Crippen LogP contribution in [-0.4, -0.2) is 34.8 Å². The Morgan fingerprint density at radius 2 is 1.49 bits per heavy atom. The second kappa shape index (κ2) is 10.2. The maximum atomic E-state index is 15.2. The molecule has 4 aliphatic carbocycles. The minimum atomic E-state index is -1.83. The summed E-state index contributed by atoms with van der Waals surface area (Å²) >= 11 is 0. The van der Waals surface area contributed by atoms with Gasteiger partial charge in [-0.05, 0) is 98.3 Å². The third kappa shape index (κ3) is 4.26. The number of hydrogen-bond donors (Lipinski definition) is 0. The first-order valence-corrected chi connectivity index (χ1v) is 15.7. The van der Waals surface area contributed by atoms with Crippen LogP contribution in [0.2, 0.25) is 0 Å². The van der Waals surface area contributed by atoms with Crippen molar-refractivity contribution in [1.82, 2.24) is 0 Å². The summed E-state index contributed by atoms with van der Waals surface area (Å²) in [7, 11) is 0. The summed E-state index contributed by atoms with van der Waals surface area (Å²) in [5.41, 5.74) is -2.64. The summed E-state index contributed by atoms with van der Waals surface area (Å²) in [6.45, 7) is 21.8. The lowest BCUT2D eigenvalue weighted by molar-refractivity contribution is -0.222. The molecule has 0 aromatic heterocycles. The van der Waals surface area contributed by atoms with Gasteiger partial charge in [-0.1, -0.05) is 62.6 Å². The average Bonchev–Trinajstić information content (AvgIpc) is 3.51. The molecule has 0 N–H and O–H groups in total. The lowest BCUT2D eigenvalue weighted by Gasteiger charge is -2.71. The van der Waals surface area contributed by atoms with E-state index in [4.69, 9.17) is 4.74 Å². The van der Waals surface area contributed by atoms with Crippen molar-refractivity contribution in [3.8, 4) is 0 Å². The average molecular weight is 565 g/mol. The van der Waals surface area contributed by atoms with E-state index >= 15 is 9.59 Å². The molecule has 1 unspecified atom stereocenters. The minimum absolute atomic E-state index is 0.180. The van der Waals surface area contributed by atoms with Gasteiger partial charge >= 0.3 is 0 Å². The molecule has 4 bridgehead atoms. The fourth-order valence-electron chi connectivity index (χ4n) is 8.69. The van der Waals surface area contributed by atoms with Gasteiger partial charge in [-0.2, -0.15) is 0 Å². The lowest BCUT2D eigenvalue weighted by atomic mass is 9.26. The van der Waals surface area contributed by atoms with E-state index in [0.717, 1.165) is 24.0 Å². The highest BCUT2D eigenvalue weighted by Crippen LogP contribution is 2.77. The van der Waals surface area contributed by atoms with Crippen molar-refractivity contribution in [2.75, 3.05) is 0 Å². The maximum Gasteiger partial charge on any atom is 0.168 e. The normalized spacial score (nSPS) is 37.2. The Morgan fingerprint density at radius 3 is 2.00 bits per heavy atom. The third-order valence-electron chi connectivity index (χ3n) is 11.4. The van der Waals surface area contributed by atoms with Crippen LogP contribution < -0.4 is 0 Å². The van der Waals surface area contributed by atoms with E-state index in [1.807, 2.05) is 74.5 Å².